The summed E-state index contributed by atoms with van der Waals surface area (Å²) in [5.74, 6) is 2.06. The number of ether oxygens (including phenoxy) is 2. The number of aryl methyl sites for hydroxylation is 1. The van der Waals surface area contributed by atoms with Gasteiger partial charge in [0.05, 0.1) is 0 Å². The molecule has 0 N–H and O–H groups in total. The molecule has 1 saturated heterocycles. The maximum Gasteiger partial charge on any atom is 0.289 e. The second-order valence-electron chi connectivity index (χ2n) is 7.31. The Hall–Kier alpha value is -2.99. The van der Waals surface area contributed by atoms with Crippen LogP contribution in [0.5, 0.6) is 11.5 Å². The van der Waals surface area contributed by atoms with Gasteiger partial charge in [-0.25, -0.2) is 0 Å². The number of benzene rings is 2. The third kappa shape index (κ3) is 2.99. The molecule has 2 aliphatic rings. The summed E-state index contributed by atoms with van der Waals surface area (Å²) in [4.78, 5) is 17.2. The zero-order chi connectivity index (χ0) is 19.1. The summed E-state index contributed by atoms with van der Waals surface area (Å²) in [6.07, 6.45) is 0. The molecule has 28 heavy (non-hydrogen) atoms. The van der Waals surface area contributed by atoms with Gasteiger partial charge >= 0.3 is 0 Å². The van der Waals surface area contributed by atoms with Gasteiger partial charge in [-0.05, 0) is 30.7 Å². The fraction of sp³-hybridized carbons (Fsp3) is 0.318. The van der Waals surface area contributed by atoms with Crippen molar-refractivity contribution in [2.24, 2.45) is 0 Å². The minimum Gasteiger partial charge on any atom is -0.454 e. The van der Waals surface area contributed by atoms with E-state index < -0.39 is 0 Å². The van der Waals surface area contributed by atoms with Crippen LogP contribution in [0, 0.1) is 6.92 Å². The number of hydrogen-bond acceptors (Lipinski definition) is 5. The first-order valence-electron chi connectivity index (χ1n) is 9.57. The zero-order valence-electron chi connectivity index (χ0n) is 15.8. The second-order valence-corrected chi connectivity index (χ2v) is 7.31. The minimum atomic E-state index is -0.0172. The lowest BCUT2D eigenvalue weighted by atomic mass is 10.1. The molecule has 3 aromatic rings. The van der Waals surface area contributed by atoms with Crippen molar-refractivity contribution in [3.05, 3.63) is 59.4 Å². The van der Waals surface area contributed by atoms with Crippen molar-refractivity contribution < 1.29 is 18.7 Å². The van der Waals surface area contributed by atoms with E-state index in [1.807, 2.05) is 48.2 Å². The molecule has 0 unspecified atom stereocenters. The third-order valence-corrected chi connectivity index (χ3v) is 5.54. The Morgan fingerprint density at radius 1 is 1.00 bits per heavy atom. The molecule has 1 fully saturated rings. The average molecular weight is 378 g/mol. The lowest BCUT2D eigenvalue weighted by molar-refractivity contribution is 0.0599. The van der Waals surface area contributed by atoms with E-state index in [4.69, 9.17) is 13.9 Å². The summed E-state index contributed by atoms with van der Waals surface area (Å²) >= 11 is 0. The summed E-state index contributed by atoms with van der Waals surface area (Å²) in [7, 11) is 0. The maximum absolute atomic E-state index is 13.0. The number of nitrogens with zero attached hydrogens (tertiary/aromatic N) is 2. The maximum atomic E-state index is 13.0. The van der Waals surface area contributed by atoms with Crippen LogP contribution in [0.4, 0.5) is 0 Å². The van der Waals surface area contributed by atoms with Gasteiger partial charge in [-0.3, -0.25) is 9.69 Å². The van der Waals surface area contributed by atoms with Crippen LogP contribution in [0.3, 0.4) is 0 Å². The second kappa shape index (κ2) is 6.87. The standard InChI is InChI=1S/C22H22N2O4/c1-15-17-4-2-3-5-18(17)28-21(15)22(25)24-10-8-23(9-11-24)13-16-6-7-19-20(12-16)27-14-26-19/h2-7,12H,8-11,13-14H2,1H3. The van der Waals surface area contributed by atoms with E-state index in [1.54, 1.807) is 0 Å². The Labute approximate surface area is 163 Å². The first kappa shape index (κ1) is 17.1. The molecular weight excluding hydrogens is 356 g/mol. The first-order chi connectivity index (χ1) is 13.7. The van der Waals surface area contributed by atoms with E-state index in [9.17, 15) is 4.79 Å². The minimum absolute atomic E-state index is 0.0172. The molecule has 6 heteroatoms. The molecule has 1 aromatic heterocycles. The number of carbonyl (C=O) groups excluding carboxylic acids is 1. The van der Waals surface area contributed by atoms with Gasteiger partial charge in [0.15, 0.2) is 17.3 Å². The summed E-state index contributed by atoms with van der Waals surface area (Å²) in [6.45, 7) is 6.14. The van der Waals surface area contributed by atoms with E-state index in [0.29, 0.717) is 25.6 Å². The summed E-state index contributed by atoms with van der Waals surface area (Å²) in [5, 5.41) is 1.01. The van der Waals surface area contributed by atoms with Gasteiger partial charge in [0.1, 0.15) is 5.58 Å². The zero-order valence-corrected chi connectivity index (χ0v) is 15.8. The molecule has 0 bridgehead atoms. The van der Waals surface area contributed by atoms with Gasteiger partial charge in [0.25, 0.3) is 5.91 Å². The highest BCUT2D eigenvalue weighted by Crippen LogP contribution is 2.33. The van der Waals surface area contributed by atoms with Crippen molar-refractivity contribution in [2.45, 2.75) is 13.5 Å². The van der Waals surface area contributed by atoms with Crippen molar-refractivity contribution in [2.75, 3.05) is 33.0 Å². The van der Waals surface area contributed by atoms with Crippen molar-refractivity contribution >= 4 is 16.9 Å². The van der Waals surface area contributed by atoms with E-state index in [2.05, 4.69) is 11.0 Å². The molecule has 144 valence electrons. The highest BCUT2D eigenvalue weighted by atomic mass is 16.7. The number of hydrogen-bond donors (Lipinski definition) is 0. The summed E-state index contributed by atoms with van der Waals surface area (Å²) < 4.78 is 16.7. The number of para-hydroxylation sites is 1. The molecule has 0 spiro atoms. The molecule has 6 nitrogen and oxygen atoms in total. The molecule has 0 atom stereocenters. The monoisotopic (exact) mass is 378 g/mol. The van der Waals surface area contributed by atoms with Crippen molar-refractivity contribution in [3.8, 4) is 11.5 Å². The molecule has 5 rings (SSSR count). The quantitative estimate of drug-likeness (QED) is 0.699. The number of piperazine rings is 1. The highest BCUT2D eigenvalue weighted by molar-refractivity contribution is 5.98. The number of fused-ring (bicyclic) bond motifs is 2. The van der Waals surface area contributed by atoms with E-state index in [0.717, 1.165) is 47.7 Å². The van der Waals surface area contributed by atoms with Crippen molar-refractivity contribution in [1.82, 2.24) is 9.80 Å². The van der Waals surface area contributed by atoms with Crippen molar-refractivity contribution in [3.63, 3.8) is 0 Å². The van der Waals surface area contributed by atoms with Gasteiger partial charge < -0.3 is 18.8 Å². The fourth-order valence-corrected chi connectivity index (χ4v) is 3.93. The largest absolute Gasteiger partial charge is 0.454 e. The van der Waals surface area contributed by atoms with Crippen LogP contribution in [0.25, 0.3) is 11.0 Å². The molecule has 0 saturated carbocycles. The van der Waals surface area contributed by atoms with Crippen LogP contribution in [-0.2, 0) is 6.54 Å². The van der Waals surface area contributed by atoms with Gasteiger partial charge in [-0.15, -0.1) is 0 Å². The molecular formula is C22H22N2O4. The topological polar surface area (TPSA) is 55.2 Å². The van der Waals surface area contributed by atoms with Gasteiger partial charge in [0.2, 0.25) is 6.79 Å². The average Bonchev–Trinajstić information content (AvgIpc) is 3.32. The van der Waals surface area contributed by atoms with Gasteiger partial charge in [0, 0.05) is 43.7 Å². The SMILES string of the molecule is Cc1c(C(=O)N2CCN(Cc3ccc4c(c3)OCO4)CC2)oc2ccccc12. The van der Waals surface area contributed by atoms with Gasteiger partial charge in [-0.2, -0.15) is 0 Å². The van der Waals surface area contributed by atoms with E-state index in [1.165, 1.54) is 5.56 Å². The fourth-order valence-electron chi connectivity index (χ4n) is 3.93. The van der Waals surface area contributed by atoms with Crippen LogP contribution < -0.4 is 9.47 Å². The Morgan fingerprint density at radius 3 is 2.61 bits per heavy atom. The first-order valence-corrected chi connectivity index (χ1v) is 9.57. The number of furan rings is 1. The normalized spacial score (nSPS) is 16.7. The Balaban J connectivity index is 1.24. The molecule has 3 heterocycles. The molecule has 2 aliphatic heterocycles. The lowest BCUT2D eigenvalue weighted by Gasteiger charge is -2.34. The van der Waals surface area contributed by atoms with E-state index in [-0.39, 0.29) is 5.91 Å². The molecule has 0 aliphatic carbocycles. The predicted molar refractivity (Wildman–Crippen MR) is 105 cm³/mol. The molecule has 2 aromatic carbocycles. The number of carbonyl (C=O) groups is 1. The van der Waals surface area contributed by atoms with Gasteiger partial charge in [-0.1, -0.05) is 24.3 Å². The lowest BCUT2D eigenvalue weighted by Crippen LogP contribution is -2.48. The number of amides is 1. The van der Waals surface area contributed by atoms with Crippen LogP contribution in [-0.4, -0.2) is 48.7 Å². The Kier molecular flexibility index (Phi) is 4.20. The summed E-state index contributed by atoms with van der Waals surface area (Å²) in [6, 6.07) is 13.9. The molecule has 0 radical (unpaired) electrons. The Morgan fingerprint density at radius 2 is 1.79 bits per heavy atom. The van der Waals surface area contributed by atoms with Crippen molar-refractivity contribution in [1.29, 1.82) is 0 Å². The smallest absolute Gasteiger partial charge is 0.289 e. The van der Waals surface area contributed by atoms with Crippen LogP contribution in [0.15, 0.2) is 46.9 Å². The third-order valence-electron chi connectivity index (χ3n) is 5.54. The van der Waals surface area contributed by atoms with Crippen LogP contribution in [0.1, 0.15) is 21.7 Å². The predicted octanol–water partition coefficient (Wildman–Crippen LogP) is 3.43. The Bertz CT molecular complexity index is 1030. The van der Waals surface area contributed by atoms with Crippen LogP contribution >= 0.6 is 0 Å². The van der Waals surface area contributed by atoms with Crippen LogP contribution in [0.2, 0.25) is 0 Å². The summed E-state index contributed by atoms with van der Waals surface area (Å²) in [5.41, 5.74) is 2.88. The molecule has 1 amide bonds. The number of rotatable bonds is 3. The van der Waals surface area contributed by atoms with E-state index >= 15 is 0 Å². The highest BCUT2D eigenvalue weighted by Gasteiger charge is 2.27.